The minimum absolute atomic E-state index is 0.0315. The van der Waals surface area contributed by atoms with E-state index in [-0.39, 0.29) is 18.2 Å². The van der Waals surface area contributed by atoms with E-state index in [1.807, 2.05) is 12.1 Å². The van der Waals surface area contributed by atoms with Crippen LogP contribution in [0.1, 0.15) is 31.9 Å². The molecule has 2 aromatic rings. The van der Waals surface area contributed by atoms with Crippen LogP contribution in [0.25, 0.3) is 0 Å². The molecule has 2 fully saturated rings. The summed E-state index contributed by atoms with van der Waals surface area (Å²) in [5, 5.41) is 6.50. The third-order valence-corrected chi connectivity index (χ3v) is 5.69. The Morgan fingerprint density at radius 2 is 1.86 bits per heavy atom. The van der Waals surface area contributed by atoms with E-state index >= 15 is 0 Å². The van der Waals surface area contributed by atoms with Gasteiger partial charge >= 0.3 is 0 Å². The van der Waals surface area contributed by atoms with Gasteiger partial charge < -0.3 is 19.6 Å². The summed E-state index contributed by atoms with van der Waals surface area (Å²) >= 11 is 0. The van der Waals surface area contributed by atoms with E-state index in [1.54, 1.807) is 17.9 Å². The first-order valence-electron chi connectivity index (χ1n) is 9.89. The van der Waals surface area contributed by atoms with Crippen LogP contribution in [-0.4, -0.2) is 36.6 Å². The summed E-state index contributed by atoms with van der Waals surface area (Å²) in [7, 11) is 0. The fourth-order valence-corrected chi connectivity index (χ4v) is 3.90. The number of rotatable bonds is 4. The Hall–Kier alpha value is -2.83. The van der Waals surface area contributed by atoms with Crippen molar-refractivity contribution >= 4 is 29.0 Å². The predicted molar refractivity (Wildman–Crippen MR) is 107 cm³/mol. The molecule has 0 aliphatic carbocycles. The highest BCUT2D eigenvalue weighted by molar-refractivity contribution is 6.03. The van der Waals surface area contributed by atoms with E-state index in [9.17, 15) is 9.59 Å². The van der Waals surface area contributed by atoms with Gasteiger partial charge in [0.2, 0.25) is 11.8 Å². The Morgan fingerprint density at radius 1 is 1.18 bits per heavy atom. The molecule has 0 radical (unpaired) electrons. The molecule has 1 aromatic carbocycles. The Bertz CT molecular complexity index is 853. The van der Waals surface area contributed by atoms with Gasteiger partial charge in [-0.1, -0.05) is 12.1 Å². The van der Waals surface area contributed by atoms with Crippen molar-refractivity contribution in [1.82, 2.24) is 5.16 Å². The number of aromatic nitrogens is 1. The van der Waals surface area contributed by atoms with Crippen molar-refractivity contribution in [3.05, 3.63) is 36.1 Å². The minimum atomic E-state index is -0.396. The molecular weight excluding hydrogens is 356 g/mol. The number of nitrogens with zero attached hydrogens (tertiary/aromatic N) is 3. The van der Waals surface area contributed by atoms with Crippen LogP contribution in [0.15, 0.2) is 34.9 Å². The van der Waals surface area contributed by atoms with Crippen LogP contribution in [0.5, 0.6) is 0 Å². The van der Waals surface area contributed by atoms with Gasteiger partial charge in [0.05, 0.1) is 5.92 Å². The first-order valence-corrected chi connectivity index (χ1v) is 9.89. The summed E-state index contributed by atoms with van der Waals surface area (Å²) in [6, 6.07) is 9.76. The third kappa shape index (κ3) is 3.88. The molecule has 0 spiro atoms. The Balaban J connectivity index is 1.39. The molecule has 1 N–H and O–H groups in total. The van der Waals surface area contributed by atoms with Crippen molar-refractivity contribution in [3.8, 4) is 0 Å². The van der Waals surface area contributed by atoms with Gasteiger partial charge in [-0.15, -0.1) is 0 Å². The lowest BCUT2D eigenvalue weighted by molar-refractivity contribution is -0.122. The predicted octanol–water partition coefficient (Wildman–Crippen LogP) is 3.21. The highest BCUT2D eigenvalue weighted by Gasteiger charge is 2.35. The maximum absolute atomic E-state index is 12.5. The van der Waals surface area contributed by atoms with Gasteiger partial charge in [-0.2, -0.15) is 0 Å². The van der Waals surface area contributed by atoms with E-state index in [0.29, 0.717) is 18.1 Å². The highest BCUT2D eigenvalue weighted by Crippen LogP contribution is 2.29. The van der Waals surface area contributed by atoms with Crippen LogP contribution in [0, 0.1) is 18.8 Å². The molecule has 7 heteroatoms. The average molecular weight is 382 g/mol. The number of amides is 2. The maximum atomic E-state index is 12.5. The largest absolute Gasteiger partial charge is 0.372 e. The number of anilines is 3. The van der Waals surface area contributed by atoms with E-state index in [1.165, 1.54) is 18.5 Å². The van der Waals surface area contributed by atoms with Crippen molar-refractivity contribution in [1.29, 1.82) is 0 Å². The number of aryl methyl sites for hydroxylation is 1. The molecule has 2 saturated heterocycles. The van der Waals surface area contributed by atoms with Crippen LogP contribution < -0.4 is 15.1 Å². The van der Waals surface area contributed by atoms with Crippen molar-refractivity contribution in [2.75, 3.05) is 34.8 Å². The van der Waals surface area contributed by atoms with Gasteiger partial charge in [0.15, 0.2) is 5.82 Å². The Labute approximate surface area is 164 Å². The maximum Gasteiger partial charge on any atom is 0.231 e. The lowest BCUT2D eigenvalue weighted by atomic mass is 9.99. The number of nitrogens with one attached hydrogen (secondary N) is 1. The average Bonchev–Trinajstić information content (AvgIpc) is 3.28. The van der Waals surface area contributed by atoms with Crippen LogP contribution in [-0.2, 0) is 9.59 Å². The second-order valence-electron chi connectivity index (χ2n) is 7.90. The van der Waals surface area contributed by atoms with Crippen LogP contribution in [0.3, 0.4) is 0 Å². The molecule has 0 bridgehead atoms. The monoisotopic (exact) mass is 382 g/mol. The third-order valence-electron chi connectivity index (χ3n) is 5.69. The number of benzene rings is 1. The summed E-state index contributed by atoms with van der Waals surface area (Å²) in [6.45, 7) is 6.59. The summed E-state index contributed by atoms with van der Waals surface area (Å²) in [5.41, 5.74) is 2.03. The molecule has 7 nitrogen and oxygen atoms in total. The van der Waals surface area contributed by atoms with Crippen molar-refractivity contribution in [2.24, 2.45) is 11.8 Å². The van der Waals surface area contributed by atoms with Crippen molar-refractivity contribution < 1.29 is 14.1 Å². The Morgan fingerprint density at radius 3 is 2.50 bits per heavy atom. The summed E-state index contributed by atoms with van der Waals surface area (Å²) in [5.74, 6) is 1.17. The summed E-state index contributed by atoms with van der Waals surface area (Å²) < 4.78 is 4.96. The first kappa shape index (κ1) is 18.5. The SMILES string of the molecule is Cc1cc(NC(=O)C2CC(=O)N(c3ccc(N4CCC(C)CC4)cc3)C2)no1. The van der Waals surface area contributed by atoms with Crippen molar-refractivity contribution in [3.63, 3.8) is 0 Å². The van der Waals surface area contributed by atoms with E-state index in [0.717, 1.165) is 24.7 Å². The van der Waals surface area contributed by atoms with E-state index in [2.05, 4.69) is 34.4 Å². The van der Waals surface area contributed by atoms with Gasteiger partial charge in [0, 0.05) is 43.5 Å². The van der Waals surface area contributed by atoms with Gasteiger partial charge in [0.25, 0.3) is 0 Å². The molecule has 3 heterocycles. The molecule has 2 aliphatic rings. The van der Waals surface area contributed by atoms with Gasteiger partial charge in [0.1, 0.15) is 5.76 Å². The standard InChI is InChI=1S/C21H26N4O3/c1-14-7-9-24(10-8-14)17-3-5-18(6-4-17)25-13-16(12-20(25)26)21(27)22-19-11-15(2)28-23-19/h3-6,11,14,16H,7-10,12-13H2,1-2H3,(H,22,23,27). The van der Waals surface area contributed by atoms with Gasteiger partial charge in [-0.25, -0.2) is 0 Å². The zero-order valence-electron chi connectivity index (χ0n) is 16.4. The summed E-state index contributed by atoms with van der Waals surface area (Å²) in [4.78, 5) is 29.0. The van der Waals surface area contributed by atoms with Gasteiger partial charge in [-0.3, -0.25) is 9.59 Å². The fourth-order valence-electron chi connectivity index (χ4n) is 3.90. The van der Waals surface area contributed by atoms with Crippen LogP contribution >= 0.6 is 0 Å². The summed E-state index contributed by atoms with van der Waals surface area (Å²) in [6.07, 6.45) is 2.64. The molecule has 28 heavy (non-hydrogen) atoms. The molecular formula is C21H26N4O3. The molecule has 1 unspecified atom stereocenters. The molecule has 2 aliphatic heterocycles. The second kappa shape index (κ2) is 7.66. The number of hydrogen-bond acceptors (Lipinski definition) is 5. The lowest BCUT2D eigenvalue weighted by Gasteiger charge is -2.32. The van der Waals surface area contributed by atoms with E-state index < -0.39 is 5.92 Å². The highest BCUT2D eigenvalue weighted by atomic mass is 16.5. The molecule has 4 rings (SSSR count). The zero-order valence-corrected chi connectivity index (χ0v) is 16.4. The zero-order chi connectivity index (χ0) is 19.7. The second-order valence-corrected chi connectivity index (χ2v) is 7.90. The molecule has 0 saturated carbocycles. The normalized spacial score (nSPS) is 20.6. The molecule has 1 aromatic heterocycles. The molecule has 2 amide bonds. The van der Waals surface area contributed by atoms with Crippen LogP contribution in [0.4, 0.5) is 17.2 Å². The van der Waals surface area contributed by atoms with Crippen molar-refractivity contribution in [2.45, 2.75) is 33.1 Å². The topological polar surface area (TPSA) is 78.7 Å². The first-order chi connectivity index (χ1) is 13.5. The van der Waals surface area contributed by atoms with E-state index in [4.69, 9.17) is 4.52 Å². The quantitative estimate of drug-likeness (QED) is 0.878. The lowest BCUT2D eigenvalue weighted by Crippen LogP contribution is -2.32. The fraction of sp³-hybridized carbons (Fsp3) is 0.476. The number of carbonyl (C=O) groups excluding carboxylic acids is 2. The van der Waals surface area contributed by atoms with Gasteiger partial charge in [-0.05, 0) is 49.9 Å². The van der Waals surface area contributed by atoms with Crippen LogP contribution in [0.2, 0.25) is 0 Å². The number of carbonyl (C=O) groups is 2. The number of hydrogen-bond donors (Lipinski definition) is 1. The Kier molecular flexibility index (Phi) is 5.07. The minimum Gasteiger partial charge on any atom is -0.372 e. The molecule has 1 atom stereocenters. The smallest absolute Gasteiger partial charge is 0.231 e. The molecule has 148 valence electrons. The number of piperidine rings is 1.